The largest absolute Gasteiger partial charge is 0.493 e. The maximum atomic E-state index is 6.42. The van der Waals surface area contributed by atoms with Gasteiger partial charge in [-0.2, -0.15) is 0 Å². The van der Waals surface area contributed by atoms with Crippen molar-refractivity contribution in [2.45, 2.75) is 19.4 Å². The lowest BCUT2D eigenvalue weighted by Gasteiger charge is -2.18. The second-order valence-electron chi connectivity index (χ2n) is 4.92. The Bertz CT molecular complexity index is 624. The van der Waals surface area contributed by atoms with Crippen LogP contribution in [0.3, 0.4) is 0 Å². The predicted molar refractivity (Wildman–Crippen MR) is 77.9 cm³/mol. The molecule has 0 aliphatic carbocycles. The van der Waals surface area contributed by atoms with E-state index >= 15 is 0 Å². The van der Waals surface area contributed by atoms with Crippen molar-refractivity contribution in [1.29, 1.82) is 0 Å². The minimum atomic E-state index is -0.202. The average molecular weight is 274 g/mol. The summed E-state index contributed by atoms with van der Waals surface area (Å²) >= 11 is 6.19. The molecular weight excluding hydrogens is 258 g/mol. The van der Waals surface area contributed by atoms with E-state index in [1.54, 1.807) is 0 Å². The number of aryl methyl sites for hydroxylation is 1. The number of fused-ring (bicyclic) bond motifs is 1. The molecule has 1 aliphatic rings. The van der Waals surface area contributed by atoms with Gasteiger partial charge in [0.1, 0.15) is 5.75 Å². The van der Waals surface area contributed by atoms with Gasteiger partial charge >= 0.3 is 0 Å². The molecule has 98 valence electrons. The van der Waals surface area contributed by atoms with E-state index in [-0.39, 0.29) is 6.04 Å². The summed E-state index contributed by atoms with van der Waals surface area (Å²) in [5.74, 6) is 0.917. The maximum absolute atomic E-state index is 6.42. The Kier molecular flexibility index (Phi) is 3.21. The van der Waals surface area contributed by atoms with Gasteiger partial charge in [0.05, 0.1) is 12.6 Å². The minimum Gasteiger partial charge on any atom is -0.493 e. The zero-order valence-electron chi connectivity index (χ0n) is 10.8. The summed E-state index contributed by atoms with van der Waals surface area (Å²) in [6, 6.07) is 11.8. The lowest BCUT2D eigenvalue weighted by molar-refractivity contribution is 0.352. The molecule has 1 atom stereocenters. The number of ether oxygens (including phenoxy) is 1. The Morgan fingerprint density at radius 3 is 2.79 bits per heavy atom. The second kappa shape index (κ2) is 4.87. The van der Waals surface area contributed by atoms with E-state index in [1.807, 2.05) is 24.3 Å². The van der Waals surface area contributed by atoms with E-state index in [4.69, 9.17) is 22.1 Å². The third-order valence-corrected chi connectivity index (χ3v) is 3.85. The molecule has 2 aromatic carbocycles. The Morgan fingerprint density at radius 2 is 2.00 bits per heavy atom. The van der Waals surface area contributed by atoms with Gasteiger partial charge in [0.25, 0.3) is 0 Å². The molecular formula is C16H16ClNO. The summed E-state index contributed by atoms with van der Waals surface area (Å²) < 4.78 is 5.73. The molecule has 2 aromatic rings. The van der Waals surface area contributed by atoms with Crippen molar-refractivity contribution in [3.05, 3.63) is 63.7 Å². The van der Waals surface area contributed by atoms with Gasteiger partial charge in [-0.1, -0.05) is 35.9 Å². The predicted octanol–water partition coefficient (Wildman–Crippen LogP) is 3.63. The monoisotopic (exact) mass is 273 g/mol. The Morgan fingerprint density at radius 1 is 1.21 bits per heavy atom. The quantitative estimate of drug-likeness (QED) is 0.907. The molecule has 0 saturated carbocycles. The normalized spacial score (nSPS) is 14.9. The summed E-state index contributed by atoms with van der Waals surface area (Å²) in [6.07, 6.45) is 0.906. The fraction of sp³-hybridized carbons (Fsp3) is 0.250. The fourth-order valence-corrected chi connectivity index (χ4v) is 2.88. The first-order chi connectivity index (χ1) is 9.16. The number of nitrogens with two attached hydrogens (primary N) is 1. The van der Waals surface area contributed by atoms with Gasteiger partial charge in [-0.25, -0.2) is 0 Å². The van der Waals surface area contributed by atoms with Crippen molar-refractivity contribution in [1.82, 2.24) is 0 Å². The zero-order chi connectivity index (χ0) is 13.4. The smallest absolute Gasteiger partial charge is 0.127 e. The number of hydrogen-bond donors (Lipinski definition) is 1. The van der Waals surface area contributed by atoms with Crippen LogP contribution < -0.4 is 10.5 Å². The SMILES string of the molecule is Cc1ccccc1C(N)c1cc(Cl)cc2c1OCC2. The van der Waals surface area contributed by atoms with Gasteiger partial charge < -0.3 is 10.5 Å². The lowest BCUT2D eigenvalue weighted by atomic mass is 9.94. The molecule has 2 N–H and O–H groups in total. The third-order valence-electron chi connectivity index (χ3n) is 3.64. The fourth-order valence-electron chi connectivity index (χ4n) is 2.63. The Balaban J connectivity index is 2.10. The van der Waals surface area contributed by atoms with Crippen LogP contribution in [0.4, 0.5) is 0 Å². The topological polar surface area (TPSA) is 35.2 Å². The molecule has 1 unspecified atom stereocenters. The van der Waals surface area contributed by atoms with E-state index in [0.29, 0.717) is 6.61 Å². The molecule has 2 nitrogen and oxygen atoms in total. The average Bonchev–Trinajstić information content (AvgIpc) is 2.85. The zero-order valence-corrected chi connectivity index (χ0v) is 11.6. The molecule has 0 fully saturated rings. The van der Waals surface area contributed by atoms with E-state index in [9.17, 15) is 0 Å². The van der Waals surface area contributed by atoms with Crippen LogP contribution in [0.25, 0.3) is 0 Å². The van der Waals surface area contributed by atoms with Gasteiger partial charge in [-0.15, -0.1) is 0 Å². The molecule has 0 amide bonds. The number of rotatable bonds is 2. The highest BCUT2D eigenvalue weighted by atomic mass is 35.5. The van der Waals surface area contributed by atoms with Crippen molar-refractivity contribution >= 4 is 11.6 Å². The van der Waals surface area contributed by atoms with Crippen molar-refractivity contribution in [2.75, 3.05) is 6.61 Å². The molecule has 3 rings (SSSR count). The number of hydrogen-bond acceptors (Lipinski definition) is 2. The molecule has 1 heterocycles. The molecule has 0 radical (unpaired) electrons. The molecule has 3 heteroatoms. The van der Waals surface area contributed by atoms with Gasteiger partial charge in [-0.3, -0.25) is 0 Å². The highest BCUT2D eigenvalue weighted by Gasteiger charge is 2.22. The van der Waals surface area contributed by atoms with Crippen LogP contribution in [-0.4, -0.2) is 6.61 Å². The summed E-state index contributed by atoms with van der Waals surface area (Å²) in [5.41, 5.74) is 10.9. The minimum absolute atomic E-state index is 0.202. The summed E-state index contributed by atoms with van der Waals surface area (Å²) in [4.78, 5) is 0. The summed E-state index contributed by atoms with van der Waals surface area (Å²) in [6.45, 7) is 2.78. The summed E-state index contributed by atoms with van der Waals surface area (Å²) in [7, 11) is 0. The molecule has 0 bridgehead atoms. The standard InChI is InChI=1S/C16H16ClNO/c1-10-4-2-3-5-13(10)15(18)14-9-12(17)8-11-6-7-19-16(11)14/h2-5,8-9,15H,6-7,18H2,1H3. The highest BCUT2D eigenvalue weighted by molar-refractivity contribution is 6.30. The number of benzene rings is 2. The Labute approximate surface area is 118 Å². The van der Waals surface area contributed by atoms with Crippen LogP contribution in [0, 0.1) is 6.92 Å². The van der Waals surface area contributed by atoms with E-state index < -0.39 is 0 Å². The lowest BCUT2D eigenvalue weighted by Crippen LogP contribution is -2.14. The van der Waals surface area contributed by atoms with Crippen LogP contribution in [-0.2, 0) is 6.42 Å². The Hall–Kier alpha value is -1.51. The van der Waals surface area contributed by atoms with Crippen LogP contribution in [0.5, 0.6) is 5.75 Å². The molecule has 19 heavy (non-hydrogen) atoms. The third kappa shape index (κ3) is 2.22. The van der Waals surface area contributed by atoms with Crippen molar-refractivity contribution < 1.29 is 4.74 Å². The van der Waals surface area contributed by atoms with Crippen LogP contribution >= 0.6 is 11.6 Å². The maximum Gasteiger partial charge on any atom is 0.127 e. The van der Waals surface area contributed by atoms with Gasteiger partial charge in [0, 0.05) is 17.0 Å². The van der Waals surface area contributed by atoms with E-state index in [1.165, 1.54) is 5.56 Å². The van der Waals surface area contributed by atoms with Crippen molar-refractivity contribution in [3.63, 3.8) is 0 Å². The number of halogens is 1. The summed E-state index contributed by atoms with van der Waals surface area (Å²) in [5, 5.41) is 0.725. The van der Waals surface area contributed by atoms with Crippen molar-refractivity contribution in [3.8, 4) is 5.75 Å². The molecule has 0 aromatic heterocycles. The van der Waals surface area contributed by atoms with Crippen LogP contribution in [0.1, 0.15) is 28.3 Å². The van der Waals surface area contributed by atoms with E-state index in [0.717, 1.165) is 33.9 Å². The first-order valence-electron chi connectivity index (χ1n) is 6.43. The second-order valence-corrected chi connectivity index (χ2v) is 5.35. The van der Waals surface area contributed by atoms with Crippen molar-refractivity contribution in [2.24, 2.45) is 5.73 Å². The molecule has 1 aliphatic heterocycles. The highest BCUT2D eigenvalue weighted by Crippen LogP contribution is 2.38. The van der Waals surface area contributed by atoms with Crippen LogP contribution in [0.15, 0.2) is 36.4 Å². The first-order valence-corrected chi connectivity index (χ1v) is 6.81. The van der Waals surface area contributed by atoms with Crippen LogP contribution in [0.2, 0.25) is 5.02 Å². The first kappa shape index (κ1) is 12.5. The van der Waals surface area contributed by atoms with Gasteiger partial charge in [0.2, 0.25) is 0 Å². The molecule has 0 spiro atoms. The molecule has 0 saturated heterocycles. The van der Waals surface area contributed by atoms with Gasteiger partial charge in [-0.05, 0) is 35.7 Å². The van der Waals surface area contributed by atoms with Gasteiger partial charge in [0.15, 0.2) is 0 Å². The van der Waals surface area contributed by atoms with E-state index in [2.05, 4.69) is 19.1 Å².